The van der Waals surface area contributed by atoms with E-state index in [1.165, 1.54) is 0 Å². The number of aliphatic hydroxyl groups is 1. The fourth-order valence-corrected chi connectivity index (χ4v) is 2.00. The molecule has 0 aliphatic carbocycles. The number of nitrogens with one attached hydrogen (secondary N) is 2. The van der Waals surface area contributed by atoms with Crippen molar-refractivity contribution in [3.8, 4) is 11.3 Å². The number of pyridine rings is 1. The average Bonchev–Trinajstić information content (AvgIpc) is 3.04. The maximum absolute atomic E-state index is 9.88. The predicted molar refractivity (Wildman–Crippen MR) is 82.6 cm³/mol. The zero-order chi connectivity index (χ0) is 15.2. The van der Waals surface area contributed by atoms with Gasteiger partial charge < -0.3 is 14.9 Å². The standard InChI is InChI=1S/C16H16N4O2/c21-16(19-13-6-8-17-9-7-13)18-11-14-10-15(20-22-14)12-4-2-1-3-5-12/h1-10,16,18,21H,11H2,(H,17,19). The topological polar surface area (TPSA) is 83.2 Å². The first-order chi connectivity index (χ1) is 10.8. The van der Waals surface area contributed by atoms with Crippen molar-refractivity contribution < 1.29 is 9.63 Å². The van der Waals surface area contributed by atoms with Crippen LogP contribution in [0.5, 0.6) is 0 Å². The van der Waals surface area contributed by atoms with Gasteiger partial charge in [-0.05, 0) is 12.1 Å². The van der Waals surface area contributed by atoms with Crippen molar-refractivity contribution in [2.45, 2.75) is 12.9 Å². The molecule has 3 N–H and O–H groups in total. The monoisotopic (exact) mass is 296 g/mol. The summed E-state index contributed by atoms with van der Waals surface area (Å²) in [5, 5.41) is 19.7. The van der Waals surface area contributed by atoms with Crippen molar-refractivity contribution in [1.82, 2.24) is 15.5 Å². The van der Waals surface area contributed by atoms with Crippen LogP contribution in [0.2, 0.25) is 0 Å². The van der Waals surface area contributed by atoms with Gasteiger partial charge in [0.1, 0.15) is 5.69 Å². The number of rotatable bonds is 6. The maximum atomic E-state index is 9.88. The van der Waals surface area contributed by atoms with E-state index in [1.807, 2.05) is 36.4 Å². The summed E-state index contributed by atoms with van der Waals surface area (Å²) in [5.74, 6) is 0.648. The van der Waals surface area contributed by atoms with Crippen LogP contribution in [0.15, 0.2) is 65.4 Å². The third kappa shape index (κ3) is 3.69. The van der Waals surface area contributed by atoms with Crippen molar-refractivity contribution in [2.75, 3.05) is 5.32 Å². The molecule has 0 saturated carbocycles. The Labute approximate surface area is 127 Å². The first kappa shape index (κ1) is 14.2. The molecule has 0 radical (unpaired) electrons. The Morgan fingerprint density at radius 2 is 1.86 bits per heavy atom. The van der Waals surface area contributed by atoms with E-state index >= 15 is 0 Å². The number of benzene rings is 1. The Balaban J connectivity index is 1.55. The smallest absolute Gasteiger partial charge is 0.181 e. The average molecular weight is 296 g/mol. The van der Waals surface area contributed by atoms with Crippen molar-refractivity contribution in [3.05, 3.63) is 66.7 Å². The third-order valence-corrected chi connectivity index (χ3v) is 3.08. The van der Waals surface area contributed by atoms with Crippen molar-refractivity contribution >= 4 is 5.69 Å². The largest absolute Gasteiger partial charge is 0.361 e. The molecule has 0 fully saturated rings. The van der Waals surface area contributed by atoms with Gasteiger partial charge in [0.25, 0.3) is 0 Å². The van der Waals surface area contributed by atoms with Crippen molar-refractivity contribution in [2.24, 2.45) is 0 Å². The third-order valence-electron chi connectivity index (χ3n) is 3.08. The molecule has 0 saturated heterocycles. The molecule has 0 amide bonds. The van der Waals surface area contributed by atoms with E-state index in [0.717, 1.165) is 16.9 Å². The molecule has 2 aromatic heterocycles. The van der Waals surface area contributed by atoms with Gasteiger partial charge >= 0.3 is 0 Å². The van der Waals surface area contributed by atoms with Gasteiger partial charge in [0, 0.05) is 29.7 Å². The Hall–Kier alpha value is -2.70. The Bertz CT molecular complexity index is 700. The van der Waals surface area contributed by atoms with Gasteiger partial charge in [-0.1, -0.05) is 35.5 Å². The molecule has 3 aromatic rings. The quantitative estimate of drug-likeness (QED) is 0.605. The molecular weight excluding hydrogens is 280 g/mol. The Kier molecular flexibility index (Phi) is 4.43. The van der Waals surface area contributed by atoms with Gasteiger partial charge in [-0.2, -0.15) is 0 Å². The zero-order valence-corrected chi connectivity index (χ0v) is 11.8. The molecule has 1 unspecified atom stereocenters. The van der Waals surface area contributed by atoms with Crippen molar-refractivity contribution in [3.63, 3.8) is 0 Å². The summed E-state index contributed by atoms with van der Waals surface area (Å²) in [6.45, 7) is 0.360. The minimum atomic E-state index is -0.896. The second kappa shape index (κ2) is 6.84. The van der Waals surface area contributed by atoms with E-state index in [0.29, 0.717) is 12.3 Å². The lowest BCUT2D eigenvalue weighted by molar-refractivity contribution is 0.158. The van der Waals surface area contributed by atoms with Crippen LogP contribution in [0.25, 0.3) is 11.3 Å². The molecule has 0 bridgehead atoms. The summed E-state index contributed by atoms with van der Waals surface area (Å²) in [4.78, 5) is 3.91. The second-order valence-electron chi connectivity index (χ2n) is 4.71. The highest BCUT2D eigenvalue weighted by molar-refractivity contribution is 5.58. The van der Waals surface area contributed by atoms with Crippen LogP contribution in [0.1, 0.15) is 5.76 Å². The normalized spacial score (nSPS) is 12.0. The van der Waals surface area contributed by atoms with Crippen LogP contribution in [-0.4, -0.2) is 21.6 Å². The van der Waals surface area contributed by atoms with E-state index in [-0.39, 0.29) is 0 Å². The number of anilines is 1. The SMILES string of the molecule is OC(NCc1cc(-c2ccccc2)no1)Nc1ccncc1. The van der Waals surface area contributed by atoms with Crippen LogP contribution in [0.4, 0.5) is 5.69 Å². The van der Waals surface area contributed by atoms with E-state index in [4.69, 9.17) is 4.52 Å². The maximum Gasteiger partial charge on any atom is 0.181 e. The molecule has 1 atom stereocenters. The van der Waals surface area contributed by atoms with Gasteiger partial charge in [-0.3, -0.25) is 10.3 Å². The summed E-state index contributed by atoms with van der Waals surface area (Å²) >= 11 is 0. The number of hydrogen-bond donors (Lipinski definition) is 3. The number of hydrogen-bond acceptors (Lipinski definition) is 6. The first-order valence-electron chi connectivity index (χ1n) is 6.90. The molecule has 112 valence electrons. The molecule has 0 spiro atoms. The molecular formula is C16H16N4O2. The molecule has 6 heteroatoms. The van der Waals surface area contributed by atoms with Gasteiger partial charge in [-0.25, -0.2) is 0 Å². The van der Waals surface area contributed by atoms with Gasteiger partial charge in [0.15, 0.2) is 12.1 Å². The van der Waals surface area contributed by atoms with E-state index in [2.05, 4.69) is 20.8 Å². The molecule has 2 heterocycles. The number of aliphatic hydroxyl groups excluding tert-OH is 1. The van der Waals surface area contributed by atoms with E-state index in [9.17, 15) is 5.11 Å². The highest BCUT2D eigenvalue weighted by Gasteiger charge is 2.08. The Morgan fingerprint density at radius 1 is 1.09 bits per heavy atom. The van der Waals surface area contributed by atoms with E-state index < -0.39 is 6.35 Å². The van der Waals surface area contributed by atoms with Crippen LogP contribution < -0.4 is 10.6 Å². The van der Waals surface area contributed by atoms with Crippen LogP contribution >= 0.6 is 0 Å². The lowest BCUT2D eigenvalue weighted by atomic mass is 10.1. The molecule has 0 aliphatic heterocycles. The van der Waals surface area contributed by atoms with Crippen LogP contribution in [0, 0.1) is 0 Å². The summed E-state index contributed by atoms with van der Waals surface area (Å²) in [6, 6.07) is 15.2. The fourth-order valence-electron chi connectivity index (χ4n) is 2.00. The van der Waals surface area contributed by atoms with Crippen LogP contribution in [0.3, 0.4) is 0 Å². The minimum absolute atomic E-state index is 0.360. The molecule has 6 nitrogen and oxygen atoms in total. The van der Waals surface area contributed by atoms with E-state index in [1.54, 1.807) is 24.5 Å². The summed E-state index contributed by atoms with van der Waals surface area (Å²) in [5.41, 5.74) is 2.54. The second-order valence-corrected chi connectivity index (χ2v) is 4.71. The zero-order valence-electron chi connectivity index (χ0n) is 11.8. The lowest BCUT2D eigenvalue weighted by Crippen LogP contribution is -2.35. The number of aromatic nitrogens is 2. The summed E-state index contributed by atoms with van der Waals surface area (Å²) < 4.78 is 5.26. The molecule has 1 aromatic carbocycles. The highest BCUT2D eigenvalue weighted by Crippen LogP contribution is 2.18. The number of nitrogens with zero attached hydrogens (tertiary/aromatic N) is 2. The minimum Gasteiger partial charge on any atom is -0.361 e. The molecule has 22 heavy (non-hydrogen) atoms. The fraction of sp³-hybridized carbons (Fsp3) is 0.125. The summed E-state index contributed by atoms with van der Waals surface area (Å²) in [7, 11) is 0. The predicted octanol–water partition coefficient (Wildman–Crippen LogP) is 2.21. The van der Waals surface area contributed by atoms with Gasteiger partial charge in [-0.15, -0.1) is 0 Å². The van der Waals surface area contributed by atoms with Crippen molar-refractivity contribution in [1.29, 1.82) is 0 Å². The van der Waals surface area contributed by atoms with Crippen LogP contribution in [-0.2, 0) is 6.54 Å². The first-order valence-corrected chi connectivity index (χ1v) is 6.90. The molecule has 3 rings (SSSR count). The van der Waals surface area contributed by atoms with Gasteiger partial charge in [0.05, 0.1) is 6.54 Å². The molecule has 0 aliphatic rings. The lowest BCUT2D eigenvalue weighted by Gasteiger charge is -2.14. The summed E-state index contributed by atoms with van der Waals surface area (Å²) in [6.07, 6.45) is 2.41. The van der Waals surface area contributed by atoms with Gasteiger partial charge in [0.2, 0.25) is 0 Å². The highest BCUT2D eigenvalue weighted by atomic mass is 16.5. The Morgan fingerprint density at radius 3 is 2.64 bits per heavy atom.